The third kappa shape index (κ3) is 2.33. The zero-order chi connectivity index (χ0) is 13.2. The lowest BCUT2D eigenvalue weighted by Crippen LogP contribution is -2.36. The van der Waals surface area contributed by atoms with Crippen molar-refractivity contribution in [3.05, 3.63) is 11.9 Å². The Hall–Kier alpha value is -1.89. The predicted molar refractivity (Wildman–Crippen MR) is 72.7 cm³/mol. The van der Waals surface area contributed by atoms with Gasteiger partial charge in [-0.15, -0.1) is 5.10 Å². The number of H-pyrrole nitrogens is 2. The summed E-state index contributed by atoms with van der Waals surface area (Å²) in [4.78, 5) is 6.77. The van der Waals surface area contributed by atoms with Crippen LogP contribution in [0.4, 0.5) is 5.95 Å². The van der Waals surface area contributed by atoms with Crippen molar-refractivity contribution in [2.45, 2.75) is 19.8 Å². The highest BCUT2D eigenvalue weighted by Gasteiger charge is 2.21. The van der Waals surface area contributed by atoms with Gasteiger partial charge in [-0.25, -0.2) is 0 Å². The van der Waals surface area contributed by atoms with Crippen LogP contribution in [0.2, 0.25) is 0 Å². The molecule has 0 radical (unpaired) electrons. The van der Waals surface area contributed by atoms with Crippen LogP contribution in [0.3, 0.4) is 0 Å². The lowest BCUT2D eigenvalue weighted by atomic mass is 9.97. The van der Waals surface area contributed by atoms with E-state index in [-0.39, 0.29) is 0 Å². The van der Waals surface area contributed by atoms with E-state index < -0.39 is 0 Å². The summed E-state index contributed by atoms with van der Waals surface area (Å²) in [6.07, 6.45) is 4.00. The maximum Gasteiger partial charge on any atom is 0.245 e. The van der Waals surface area contributed by atoms with E-state index in [2.05, 4.69) is 30.3 Å². The molecule has 2 aromatic heterocycles. The molecule has 1 aliphatic heterocycles. The molecule has 0 aliphatic carbocycles. The second kappa shape index (κ2) is 5.00. The molecule has 0 atom stereocenters. The maximum atomic E-state index is 5.71. The van der Waals surface area contributed by atoms with Crippen LogP contribution >= 0.6 is 0 Å². The van der Waals surface area contributed by atoms with Crippen LogP contribution < -0.4 is 10.6 Å². The molecule has 2 aromatic rings. The van der Waals surface area contributed by atoms with Crippen LogP contribution in [0.1, 0.15) is 18.5 Å². The Bertz CT molecular complexity index is 536. The zero-order valence-corrected chi connectivity index (χ0v) is 11.1. The van der Waals surface area contributed by atoms with E-state index >= 15 is 0 Å². The van der Waals surface area contributed by atoms with E-state index in [1.165, 1.54) is 0 Å². The summed E-state index contributed by atoms with van der Waals surface area (Å²) in [5.74, 6) is 2.18. The van der Waals surface area contributed by atoms with Crippen LogP contribution in [0.25, 0.3) is 11.4 Å². The van der Waals surface area contributed by atoms with Crippen LogP contribution in [-0.2, 0) is 0 Å². The Labute approximate surface area is 111 Å². The highest BCUT2D eigenvalue weighted by molar-refractivity contribution is 5.57. The van der Waals surface area contributed by atoms with Gasteiger partial charge >= 0.3 is 0 Å². The van der Waals surface area contributed by atoms with E-state index in [0.717, 1.165) is 55.5 Å². The van der Waals surface area contributed by atoms with Crippen LogP contribution in [0, 0.1) is 12.8 Å². The highest BCUT2D eigenvalue weighted by atomic mass is 15.4. The molecular weight excluding hydrogens is 242 g/mol. The van der Waals surface area contributed by atoms with Gasteiger partial charge in [0, 0.05) is 18.8 Å². The first-order valence-electron chi connectivity index (χ1n) is 6.65. The maximum absolute atomic E-state index is 5.71. The number of aryl methyl sites for hydroxylation is 1. The van der Waals surface area contributed by atoms with Gasteiger partial charge < -0.3 is 10.6 Å². The number of hydrogen-bond donors (Lipinski definition) is 3. The molecule has 0 spiro atoms. The number of aromatic nitrogens is 5. The molecule has 0 aromatic carbocycles. The summed E-state index contributed by atoms with van der Waals surface area (Å²) in [5, 5.41) is 14.2. The number of aromatic amines is 2. The van der Waals surface area contributed by atoms with E-state index in [4.69, 9.17) is 5.73 Å². The van der Waals surface area contributed by atoms with Crippen molar-refractivity contribution in [3.63, 3.8) is 0 Å². The van der Waals surface area contributed by atoms with Crippen molar-refractivity contribution in [2.75, 3.05) is 24.5 Å². The SMILES string of the molecule is Cc1[nH]ncc1-c1nc(N2CCC(CN)CC2)n[nH]1. The van der Waals surface area contributed by atoms with Crippen LogP contribution in [-0.4, -0.2) is 45.0 Å². The minimum atomic E-state index is 0.644. The third-order valence-electron chi connectivity index (χ3n) is 3.79. The van der Waals surface area contributed by atoms with Crippen molar-refractivity contribution < 1.29 is 0 Å². The molecule has 4 N–H and O–H groups in total. The van der Waals surface area contributed by atoms with Gasteiger partial charge in [0.05, 0.1) is 11.8 Å². The molecule has 1 saturated heterocycles. The first-order chi connectivity index (χ1) is 9.28. The predicted octanol–water partition coefficient (Wildman–Crippen LogP) is 0.678. The van der Waals surface area contributed by atoms with E-state index in [1.807, 2.05) is 6.92 Å². The summed E-state index contributed by atoms with van der Waals surface area (Å²) < 4.78 is 0. The first-order valence-corrected chi connectivity index (χ1v) is 6.65. The van der Waals surface area contributed by atoms with Gasteiger partial charge in [-0.1, -0.05) is 0 Å². The van der Waals surface area contributed by atoms with Crippen molar-refractivity contribution in [3.8, 4) is 11.4 Å². The van der Waals surface area contributed by atoms with E-state index in [1.54, 1.807) is 6.20 Å². The Balaban J connectivity index is 1.74. The van der Waals surface area contributed by atoms with Gasteiger partial charge in [0.15, 0.2) is 5.82 Å². The smallest absolute Gasteiger partial charge is 0.245 e. The van der Waals surface area contributed by atoms with Crippen molar-refractivity contribution in [1.29, 1.82) is 0 Å². The Morgan fingerprint density at radius 3 is 2.79 bits per heavy atom. The topological polar surface area (TPSA) is 99.5 Å². The van der Waals surface area contributed by atoms with Gasteiger partial charge in [-0.2, -0.15) is 10.1 Å². The molecule has 19 heavy (non-hydrogen) atoms. The zero-order valence-electron chi connectivity index (χ0n) is 11.1. The number of nitrogens with one attached hydrogen (secondary N) is 2. The van der Waals surface area contributed by atoms with Gasteiger partial charge in [-0.05, 0) is 32.2 Å². The summed E-state index contributed by atoms with van der Waals surface area (Å²) in [6, 6.07) is 0. The molecule has 1 aliphatic rings. The first kappa shape index (κ1) is 12.2. The number of anilines is 1. The van der Waals surface area contributed by atoms with Crippen LogP contribution in [0.5, 0.6) is 0 Å². The quantitative estimate of drug-likeness (QED) is 0.754. The Kier molecular flexibility index (Phi) is 3.20. The largest absolute Gasteiger partial charge is 0.340 e. The van der Waals surface area contributed by atoms with E-state index in [9.17, 15) is 0 Å². The normalized spacial score (nSPS) is 17.1. The number of hydrogen-bond acceptors (Lipinski definition) is 5. The lowest BCUT2D eigenvalue weighted by molar-refractivity contribution is 0.411. The Morgan fingerprint density at radius 2 is 2.16 bits per heavy atom. The summed E-state index contributed by atoms with van der Waals surface area (Å²) in [5.41, 5.74) is 7.66. The minimum Gasteiger partial charge on any atom is -0.340 e. The summed E-state index contributed by atoms with van der Waals surface area (Å²) in [7, 11) is 0. The summed E-state index contributed by atoms with van der Waals surface area (Å²) >= 11 is 0. The Morgan fingerprint density at radius 1 is 1.37 bits per heavy atom. The van der Waals surface area contributed by atoms with Gasteiger partial charge in [0.2, 0.25) is 5.95 Å². The van der Waals surface area contributed by atoms with E-state index in [0.29, 0.717) is 5.92 Å². The standard InChI is InChI=1S/C12H19N7/c1-8-10(7-14-16-8)11-15-12(18-17-11)19-4-2-9(6-13)3-5-19/h7,9H,2-6,13H2,1H3,(H,14,16)(H,15,17,18). The summed E-state index contributed by atoms with van der Waals surface area (Å²) in [6.45, 7) is 4.70. The number of piperidine rings is 1. The van der Waals surface area contributed by atoms with Gasteiger partial charge in [0.25, 0.3) is 0 Å². The van der Waals surface area contributed by atoms with Crippen molar-refractivity contribution in [2.24, 2.45) is 11.7 Å². The average Bonchev–Trinajstić information content (AvgIpc) is 3.07. The molecule has 1 fully saturated rings. The fraction of sp³-hybridized carbons (Fsp3) is 0.583. The monoisotopic (exact) mass is 261 g/mol. The van der Waals surface area contributed by atoms with Gasteiger partial charge in [0.1, 0.15) is 0 Å². The molecule has 3 heterocycles. The number of rotatable bonds is 3. The second-order valence-electron chi connectivity index (χ2n) is 5.06. The van der Waals surface area contributed by atoms with Crippen LogP contribution in [0.15, 0.2) is 6.20 Å². The lowest BCUT2D eigenvalue weighted by Gasteiger charge is -2.30. The van der Waals surface area contributed by atoms with Crippen molar-refractivity contribution >= 4 is 5.95 Å². The van der Waals surface area contributed by atoms with Crippen molar-refractivity contribution in [1.82, 2.24) is 25.4 Å². The average molecular weight is 261 g/mol. The molecule has 3 rings (SSSR count). The van der Waals surface area contributed by atoms with Gasteiger partial charge in [-0.3, -0.25) is 10.2 Å². The minimum absolute atomic E-state index is 0.644. The molecule has 0 saturated carbocycles. The molecular formula is C12H19N7. The molecule has 7 nitrogen and oxygen atoms in total. The fourth-order valence-corrected chi connectivity index (χ4v) is 2.47. The molecule has 7 heteroatoms. The number of nitrogens with zero attached hydrogens (tertiary/aromatic N) is 4. The third-order valence-corrected chi connectivity index (χ3v) is 3.79. The molecule has 0 amide bonds. The second-order valence-corrected chi connectivity index (χ2v) is 5.06. The fourth-order valence-electron chi connectivity index (χ4n) is 2.47. The molecule has 102 valence electrons. The molecule has 0 unspecified atom stereocenters. The highest BCUT2D eigenvalue weighted by Crippen LogP contribution is 2.23. The number of nitrogens with two attached hydrogens (primary N) is 1. The molecule has 0 bridgehead atoms.